The molecule has 3 N–H and O–H groups in total. The first-order valence-corrected chi connectivity index (χ1v) is 7.51. The van der Waals surface area contributed by atoms with Crippen LogP contribution in [-0.2, 0) is 22.6 Å². The largest absolute Gasteiger partial charge is 0.383 e. The van der Waals surface area contributed by atoms with Gasteiger partial charge in [0.15, 0.2) is 0 Å². The highest BCUT2D eigenvalue weighted by Gasteiger charge is 2.24. The predicted molar refractivity (Wildman–Crippen MR) is 89.0 cm³/mol. The second-order valence-electron chi connectivity index (χ2n) is 5.54. The zero-order valence-corrected chi connectivity index (χ0v) is 13.0. The lowest BCUT2D eigenvalue weighted by molar-refractivity contribution is -0.118. The molecule has 0 saturated heterocycles. The fourth-order valence-corrected chi connectivity index (χ4v) is 2.72. The van der Waals surface area contributed by atoms with Gasteiger partial charge in [0, 0.05) is 32.1 Å². The summed E-state index contributed by atoms with van der Waals surface area (Å²) in [6.07, 6.45) is 1.78. The third-order valence-corrected chi connectivity index (χ3v) is 3.90. The lowest BCUT2D eigenvalue weighted by Crippen LogP contribution is -2.39. The van der Waals surface area contributed by atoms with Gasteiger partial charge in [-0.05, 0) is 29.3 Å². The molecule has 0 radical (unpaired) electrons. The van der Waals surface area contributed by atoms with Crippen LogP contribution in [0.1, 0.15) is 11.1 Å². The highest BCUT2D eigenvalue weighted by molar-refractivity contribution is 5.95. The van der Waals surface area contributed by atoms with Gasteiger partial charge in [-0.25, -0.2) is 4.98 Å². The first-order chi connectivity index (χ1) is 11.2. The SMILES string of the molecule is COCC(N)C(=O)Nc1cccc2c1CN(c1ccccn1)C2. The number of benzene rings is 1. The van der Waals surface area contributed by atoms with Crippen molar-refractivity contribution < 1.29 is 9.53 Å². The third-order valence-electron chi connectivity index (χ3n) is 3.90. The molecule has 1 atom stereocenters. The Labute approximate surface area is 135 Å². The number of nitrogens with one attached hydrogen (secondary N) is 1. The van der Waals surface area contributed by atoms with Crippen molar-refractivity contribution in [3.05, 3.63) is 53.7 Å². The highest BCUT2D eigenvalue weighted by Crippen LogP contribution is 2.31. The summed E-state index contributed by atoms with van der Waals surface area (Å²) >= 11 is 0. The molecule has 3 rings (SSSR count). The first-order valence-electron chi connectivity index (χ1n) is 7.51. The van der Waals surface area contributed by atoms with E-state index in [0.717, 1.165) is 23.6 Å². The predicted octanol–water partition coefficient (Wildman–Crippen LogP) is 1.51. The average molecular weight is 312 g/mol. The number of nitrogens with zero attached hydrogens (tertiary/aromatic N) is 2. The standard InChI is InChI=1S/C17H20N4O2/c1-23-11-14(18)17(22)20-15-6-4-5-12-9-21(10-13(12)15)16-7-2-3-8-19-16/h2-8,14H,9-11,18H2,1H3,(H,20,22). The number of amides is 1. The lowest BCUT2D eigenvalue weighted by Gasteiger charge is -2.16. The molecular formula is C17H20N4O2. The molecule has 1 aliphatic heterocycles. The van der Waals surface area contributed by atoms with Crippen molar-refractivity contribution in [2.75, 3.05) is 23.9 Å². The molecule has 2 heterocycles. The van der Waals surface area contributed by atoms with E-state index in [1.54, 1.807) is 6.20 Å². The quantitative estimate of drug-likeness (QED) is 0.875. The van der Waals surface area contributed by atoms with Gasteiger partial charge in [-0.3, -0.25) is 4.79 Å². The van der Waals surface area contributed by atoms with Crippen molar-refractivity contribution in [3.8, 4) is 0 Å². The Hall–Kier alpha value is -2.44. The van der Waals surface area contributed by atoms with Crippen LogP contribution < -0.4 is 16.0 Å². The zero-order chi connectivity index (χ0) is 16.2. The third kappa shape index (κ3) is 3.33. The van der Waals surface area contributed by atoms with E-state index in [1.165, 1.54) is 12.7 Å². The molecule has 0 bridgehead atoms. The Balaban J connectivity index is 1.77. The molecule has 1 amide bonds. The molecule has 0 saturated carbocycles. The number of ether oxygens (including phenoxy) is 1. The molecule has 6 nitrogen and oxygen atoms in total. The van der Waals surface area contributed by atoms with Crippen LogP contribution in [0.5, 0.6) is 0 Å². The summed E-state index contributed by atoms with van der Waals surface area (Å²) in [6.45, 7) is 1.68. The molecule has 1 aliphatic rings. The van der Waals surface area contributed by atoms with Crippen molar-refractivity contribution in [1.29, 1.82) is 0 Å². The molecule has 0 spiro atoms. The Kier molecular flexibility index (Phi) is 4.55. The fraction of sp³-hybridized carbons (Fsp3) is 0.294. The topological polar surface area (TPSA) is 80.5 Å². The van der Waals surface area contributed by atoms with Crippen LogP contribution in [0, 0.1) is 0 Å². The molecule has 0 fully saturated rings. The van der Waals surface area contributed by atoms with Crippen LogP contribution in [0.25, 0.3) is 0 Å². The molecule has 1 aromatic heterocycles. The maximum absolute atomic E-state index is 12.1. The minimum absolute atomic E-state index is 0.195. The number of hydrogen-bond donors (Lipinski definition) is 2. The van der Waals surface area contributed by atoms with Crippen molar-refractivity contribution in [3.63, 3.8) is 0 Å². The summed E-state index contributed by atoms with van der Waals surface area (Å²) in [5.74, 6) is 0.689. The molecule has 0 aliphatic carbocycles. The molecule has 1 aromatic carbocycles. The van der Waals surface area contributed by atoms with Crippen molar-refractivity contribution >= 4 is 17.4 Å². The molecule has 2 aromatic rings. The van der Waals surface area contributed by atoms with Gasteiger partial charge in [0.2, 0.25) is 5.91 Å². The van der Waals surface area contributed by atoms with Gasteiger partial charge >= 0.3 is 0 Å². The van der Waals surface area contributed by atoms with Gasteiger partial charge in [0.1, 0.15) is 11.9 Å². The zero-order valence-electron chi connectivity index (χ0n) is 13.0. The Morgan fingerprint density at radius 3 is 2.96 bits per heavy atom. The molecule has 1 unspecified atom stereocenters. The van der Waals surface area contributed by atoms with E-state index < -0.39 is 6.04 Å². The summed E-state index contributed by atoms with van der Waals surface area (Å²) in [4.78, 5) is 18.7. The summed E-state index contributed by atoms with van der Waals surface area (Å²) in [6, 6.07) is 11.1. The first kappa shape index (κ1) is 15.5. The monoisotopic (exact) mass is 312 g/mol. The van der Waals surface area contributed by atoms with Crippen LogP contribution >= 0.6 is 0 Å². The number of rotatable bonds is 5. The van der Waals surface area contributed by atoms with E-state index in [4.69, 9.17) is 10.5 Å². The summed E-state index contributed by atoms with van der Waals surface area (Å²) in [7, 11) is 1.53. The highest BCUT2D eigenvalue weighted by atomic mass is 16.5. The second kappa shape index (κ2) is 6.76. The number of pyridine rings is 1. The van der Waals surface area contributed by atoms with Crippen LogP contribution in [0.3, 0.4) is 0 Å². The van der Waals surface area contributed by atoms with Gasteiger partial charge in [-0.2, -0.15) is 0 Å². The van der Waals surface area contributed by atoms with Crippen LogP contribution in [0.15, 0.2) is 42.6 Å². The van der Waals surface area contributed by atoms with Crippen LogP contribution in [-0.4, -0.2) is 30.6 Å². The van der Waals surface area contributed by atoms with Crippen LogP contribution in [0.2, 0.25) is 0 Å². The number of nitrogens with two attached hydrogens (primary N) is 1. The van der Waals surface area contributed by atoms with Gasteiger partial charge in [-0.1, -0.05) is 18.2 Å². The second-order valence-corrected chi connectivity index (χ2v) is 5.54. The summed E-state index contributed by atoms with van der Waals surface area (Å²) in [5, 5.41) is 2.91. The molecule has 23 heavy (non-hydrogen) atoms. The lowest BCUT2D eigenvalue weighted by atomic mass is 10.1. The summed E-state index contributed by atoms with van der Waals surface area (Å²) in [5.41, 5.74) is 8.88. The summed E-state index contributed by atoms with van der Waals surface area (Å²) < 4.78 is 4.93. The van der Waals surface area contributed by atoms with Crippen LogP contribution in [0.4, 0.5) is 11.5 Å². The van der Waals surface area contributed by atoms with E-state index in [0.29, 0.717) is 6.54 Å². The number of carbonyl (C=O) groups excluding carboxylic acids is 1. The minimum Gasteiger partial charge on any atom is -0.383 e. The van der Waals surface area contributed by atoms with E-state index in [9.17, 15) is 4.79 Å². The van der Waals surface area contributed by atoms with Gasteiger partial charge in [-0.15, -0.1) is 0 Å². The number of aromatic nitrogens is 1. The number of fused-ring (bicyclic) bond motifs is 1. The molecule has 6 heteroatoms. The molecule has 120 valence electrons. The number of anilines is 2. The van der Waals surface area contributed by atoms with Gasteiger partial charge < -0.3 is 20.7 Å². The minimum atomic E-state index is -0.677. The van der Waals surface area contributed by atoms with Crippen molar-refractivity contribution in [2.45, 2.75) is 19.1 Å². The van der Waals surface area contributed by atoms with Crippen molar-refractivity contribution in [1.82, 2.24) is 4.98 Å². The van der Waals surface area contributed by atoms with E-state index in [2.05, 4.69) is 21.3 Å². The molecular weight excluding hydrogens is 292 g/mol. The van der Waals surface area contributed by atoms with Gasteiger partial charge in [0.05, 0.1) is 6.61 Å². The average Bonchev–Trinajstić information content (AvgIpc) is 3.01. The van der Waals surface area contributed by atoms with E-state index in [-0.39, 0.29) is 12.5 Å². The maximum atomic E-state index is 12.1. The normalized spacial score (nSPS) is 14.4. The fourth-order valence-electron chi connectivity index (χ4n) is 2.72. The van der Waals surface area contributed by atoms with Gasteiger partial charge in [0.25, 0.3) is 0 Å². The van der Waals surface area contributed by atoms with E-state index in [1.807, 2.05) is 30.3 Å². The Morgan fingerprint density at radius 1 is 1.35 bits per heavy atom. The smallest absolute Gasteiger partial charge is 0.243 e. The van der Waals surface area contributed by atoms with E-state index >= 15 is 0 Å². The Morgan fingerprint density at radius 2 is 2.22 bits per heavy atom. The maximum Gasteiger partial charge on any atom is 0.243 e. The number of carbonyl (C=O) groups is 1. The Bertz CT molecular complexity index is 690. The van der Waals surface area contributed by atoms with Crippen molar-refractivity contribution in [2.24, 2.45) is 5.73 Å². The number of methoxy groups -OCH3 is 1. The number of hydrogen-bond acceptors (Lipinski definition) is 5.